The maximum absolute atomic E-state index is 13.3. The lowest BCUT2D eigenvalue weighted by atomic mass is 10.00. The van der Waals surface area contributed by atoms with Gasteiger partial charge in [0.25, 0.3) is 5.91 Å². The number of aromatic nitrogens is 1. The Morgan fingerprint density at radius 1 is 1.35 bits per heavy atom. The van der Waals surface area contributed by atoms with Crippen molar-refractivity contribution < 1.29 is 14.3 Å². The second-order valence-corrected chi connectivity index (χ2v) is 5.61. The van der Waals surface area contributed by atoms with Crippen LogP contribution >= 0.6 is 0 Å². The first-order valence-corrected chi connectivity index (χ1v) is 7.76. The number of amides is 1. The van der Waals surface area contributed by atoms with Gasteiger partial charge in [0, 0.05) is 24.6 Å². The molecule has 124 valence electrons. The zero-order valence-corrected chi connectivity index (χ0v) is 13.1. The molecule has 0 bridgehead atoms. The van der Waals surface area contributed by atoms with Crippen LogP contribution < -0.4 is 10.9 Å². The quantitative estimate of drug-likeness (QED) is 0.731. The number of H-pyrrole nitrogens is 1. The van der Waals surface area contributed by atoms with Gasteiger partial charge in [0.1, 0.15) is 5.82 Å². The van der Waals surface area contributed by atoms with E-state index in [9.17, 15) is 14.0 Å². The molecule has 0 fully saturated rings. The van der Waals surface area contributed by atoms with Crippen LogP contribution in [0.1, 0.15) is 36.5 Å². The number of pyridine rings is 1. The average molecular weight is 320 g/mol. The lowest BCUT2D eigenvalue weighted by Gasteiger charge is -2.16. The van der Waals surface area contributed by atoms with Crippen molar-refractivity contribution in [3.63, 3.8) is 0 Å². The minimum Gasteiger partial charge on any atom is -0.396 e. The van der Waals surface area contributed by atoms with E-state index in [1.165, 1.54) is 24.3 Å². The van der Waals surface area contributed by atoms with Crippen molar-refractivity contribution in [2.24, 2.45) is 5.92 Å². The molecule has 2 rings (SSSR count). The third kappa shape index (κ3) is 4.39. The molecule has 6 heteroatoms. The molecule has 0 aliphatic heterocycles. The van der Waals surface area contributed by atoms with Gasteiger partial charge in [-0.2, -0.15) is 0 Å². The maximum atomic E-state index is 13.3. The van der Waals surface area contributed by atoms with Crippen molar-refractivity contribution in [3.05, 3.63) is 46.0 Å². The van der Waals surface area contributed by atoms with Gasteiger partial charge in [-0.1, -0.05) is 13.3 Å². The third-order valence-corrected chi connectivity index (χ3v) is 3.84. The molecule has 1 unspecified atom stereocenters. The van der Waals surface area contributed by atoms with Crippen LogP contribution in [0, 0.1) is 11.7 Å². The van der Waals surface area contributed by atoms with E-state index in [0.29, 0.717) is 23.9 Å². The van der Waals surface area contributed by atoms with Gasteiger partial charge in [0.15, 0.2) is 0 Å². The standard InChI is InChI=1S/C17H21FN2O3/c1-2-3-11(6-7-21)10-19-17(23)14-9-16(22)20-15-8-12(18)4-5-13(14)15/h4-5,8-9,11,21H,2-3,6-7,10H2,1H3,(H,19,23)(H,20,22). The zero-order valence-electron chi connectivity index (χ0n) is 13.1. The number of carbonyl (C=O) groups is 1. The van der Waals surface area contributed by atoms with Gasteiger partial charge >= 0.3 is 0 Å². The smallest absolute Gasteiger partial charge is 0.252 e. The molecule has 23 heavy (non-hydrogen) atoms. The lowest BCUT2D eigenvalue weighted by molar-refractivity contribution is 0.0944. The van der Waals surface area contributed by atoms with Gasteiger partial charge in [-0.05, 0) is 37.0 Å². The molecule has 1 heterocycles. The molecule has 1 amide bonds. The van der Waals surface area contributed by atoms with Crippen LogP contribution in [-0.4, -0.2) is 29.1 Å². The summed E-state index contributed by atoms with van der Waals surface area (Å²) >= 11 is 0. The number of aliphatic hydroxyl groups is 1. The van der Waals surface area contributed by atoms with E-state index in [1.807, 2.05) is 6.92 Å². The fraction of sp³-hybridized carbons (Fsp3) is 0.412. The molecule has 0 spiro atoms. The Balaban J connectivity index is 2.22. The van der Waals surface area contributed by atoms with E-state index < -0.39 is 11.4 Å². The number of hydrogen-bond acceptors (Lipinski definition) is 3. The fourth-order valence-corrected chi connectivity index (χ4v) is 2.69. The minimum atomic E-state index is -0.475. The summed E-state index contributed by atoms with van der Waals surface area (Å²) in [5.41, 5.74) is 0.0693. The van der Waals surface area contributed by atoms with Crippen molar-refractivity contribution >= 4 is 16.8 Å². The molecule has 0 aliphatic rings. The Labute approximate surface area is 133 Å². The summed E-state index contributed by atoms with van der Waals surface area (Å²) in [7, 11) is 0. The van der Waals surface area contributed by atoms with Crippen LogP contribution in [0.2, 0.25) is 0 Å². The Morgan fingerprint density at radius 2 is 2.13 bits per heavy atom. The lowest BCUT2D eigenvalue weighted by Crippen LogP contribution is -2.30. The molecule has 0 saturated heterocycles. The molecular weight excluding hydrogens is 299 g/mol. The van der Waals surface area contributed by atoms with Crippen LogP contribution in [0.5, 0.6) is 0 Å². The summed E-state index contributed by atoms with van der Waals surface area (Å²) < 4.78 is 13.3. The van der Waals surface area contributed by atoms with Crippen LogP contribution in [-0.2, 0) is 0 Å². The first kappa shape index (κ1) is 17.1. The summed E-state index contributed by atoms with van der Waals surface area (Å²) in [5.74, 6) is -0.650. The SMILES string of the molecule is CCCC(CCO)CNC(=O)c1cc(=O)[nH]c2cc(F)ccc12. The largest absolute Gasteiger partial charge is 0.396 e. The normalized spacial score (nSPS) is 12.3. The predicted octanol–water partition coefficient (Wildman–Crippen LogP) is 2.20. The summed E-state index contributed by atoms with van der Waals surface area (Å²) in [4.78, 5) is 26.6. The monoisotopic (exact) mass is 320 g/mol. The van der Waals surface area contributed by atoms with Crippen LogP contribution in [0.3, 0.4) is 0 Å². The topological polar surface area (TPSA) is 82.2 Å². The highest BCUT2D eigenvalue weighted by molar-refractivity contribution is 6.05. The van der Waals surface area contributed by atoms with Crippen molar-refractivity contribution in [3.8, 4) is 0 Å². The predicted molar refractivity (Wildman–Crippen MR) is 87.0 cm³/mol. The van der Waals surface area contributed by atoms with Gasteiger partial charge in [-0.15, -0.1) is 0 Å². The Morgan fingerprint density at radius 3 is 2.83 bits per heavy atom. The van der Waals surface area contributed by atoms with Gasteiger partial charge < -0.3 is 15.4 Å². The number of fused-ring (bicyclic) bond motifs is 1. The van der Waals surface area contributed by atoms with E-state index in [0.717, 1.165) is 12.8 Å². The number of halogens is 1. The fourth-order valence-electron chi connectivity index (χ4n) is 2.69. The van der Waals surface area contributed by atoms with Crippen molar-refractivity contribution in [1.29, 1.82) is 0 Å². The molecule has 0 aliphatic carbocycles. The summed E-state index contributed by atoms with van der Waals surface area (Å²) in [5, 5.41) is 12.4. The third-order valence-electron chi connectivity index (χ3n) is 3.84. The number of hydrogen-bond donors (Lipinski definition) is 3. The maximum Gasteiger partial charge on any atom is 0.252 e. The summed E-state index contributed by atoms with van der Waals surface area (Å²) in [6.07, 6.45) is 2.49. The first-order chi connectivity index (χ1) is 11.0. The number of aliphatic hydroxyl groups excluding tert-OH is 1. The molecule has 3 N–H and O–H groups in total. The van der Waals surface area contributed by atoms with Gasteiger partial charge in [-0.3, -0.25) is 9.59 Å². The highest BCUT2D eigenvalue weighted by Crippen LogP contribution is 2.17. The Bertz CT molecular complexity index is 736. The van der Waals surface area contributed by atoms with E-state index in [1.54, 1.807) is 0 Å². The van der Waals surface area contributed by atoms with Crippen molar-refractivity contribution in [2.45, 2.75) is 26.2 Å². The first-order valence-electron chi connectivity index (χ1n) is 7.76. The number of nitrogens with one attached hydrogen (secondary N) is 2. The molecular formula is C17H21FN2O3. The highest BCUT2D eigenvalue weighted by Gasteiger charge is 2.14. The number of benzene rings is 1. The van der Waals surface area contributed by atoms with Crippen LogP contribution in [0.4, 0.5) is 4.39 Å². The highest BCUT2D eigenvalue weighted by atomic mass is 19.1. The second-order valence-electron chi connectivity index (χ2n) is 5.61. The van der Waals surface area contributed by atoms with Gasteiger partial charge in [0.2, 0.25) is 5.56 Å². The average Bonchev–Trinajstić information content (AvgIpc) is 2.51. The van der Waals surface area contributed by atoms with E-state index in [2.05, 4.69) is 10.3 Å². The summed E-state index contributed by atoms with van der Waals surface area (Å²) in [6.45, 7) is 2.56. The molecule has 5 nitrogen and oxygen atoms in total. The number of carbonyl (C=O) groups excluding carboxylic acids is 1. The zero-order chi connectivity index (χ0) is 16.8. The molecule has 1 aromatic carbocycles. The molecule has 0 radical (unpaired) electrons. The van der Waals surface area contributed by atoms with Gasteiger partial charge in [-0.25, -0.2) is 4.39 Å². The molecule has 2 aromatic rings. The molecule has 0 saturated carbocycles. The Hall–Kier alpha value is -2.21. The van der Waals surface area contributed by atoms with E-state index >= 15 is 0 Å². The number of rotatable bonds is 7. The van der Waals surface area contributed by atoms with Crippen molar-refractivity contribution in [1.82, 2.24) is 10.3 Å². The molecule has 1 aromatic heterocycles. The summed E-state index contributed by atoms with van der Waals surface area (Å²) in [6, 6.07) is 5.14. The van der Waals surface area contributed by atoms with Crippen molar-refractivity contribution in [2.75, 3.05) is 13.2 Å². The van der Waals surface area contributed by atoms with Gasteiger partial charge in [0.05, 0.1) is 11.1 Å². The van der Waals surface area contributed by atoms with E-state index in [4.69, 9.17) is 5.11 Å². The Kier molecular flexibility index (Phi) is 5.87. The second kappa shape index (κ2) is 7.87. The van der Waals surface area contributed by atoms with Crippen LogP contribution in [0.15, 0.2) is 29.1 Å². The minimum absolute atomic E-state index is 0.0771. The van der Waals surface area contributed by atoms with Crippen LogP contribution in [0.25, 0.3) is 10.9 Å². The molecule has 1 atom stereocenters. The van der Waals surface area contributed by atoms with E-state index in [-0.39, 0.29) is 24.0 Å². The number of aromatic amines is 1.